The quantitative estimate of drug-likeness (QED) is 0.809. The molecule has 2 heterocycles. The Morgan fingerprint density at radius 3 is 2.71 bits per heavy atom. The third kappa shape index (κ3) is 2.08. The van der Waals surface area contributed by atoms with Crippen molar-refractivity contribution in [3.8, 4) is 5.69 Å². The molecule has 0 aliphatic carbocycles. The first-order chi connectivity index (χ1) is 8.33. The van der Waals surface area contributed by atoms with E-state index in [0.29, 0.717) is 0 Å². The molecule has 4 heteroatoms. The summed E-state index contributed by atoms with van der Waals surface area (Å²) in [5, 5.41) is 7.91. The molecule has 0 amide bonds. The van der Waals surface area contributed by atoms with Gasteiger partial charge < -0.3 is 5.32 Å². The molecule has 88 valence electrons. The number of nitrogens with one attached hydrogen (secondary N) is 1. The molecule has 1 N–H and O–H groups in total. The first-order valence-corrected chi connectivity index (χ1v) is 5.87. The minimum absolute atomic E-state index is 0.216. The largest absolute Gasteiger partial charge is 0.316 e. The zero-order valence-corrected chi connectivity index (χ0v) is 9.49. The number of fused-ring (bicyclic) bond motifs is 1. The molecule has 2 aromatic rings. The number of nitrogens with zero attached hydrogens (tertiary/aromatic N) is 2. The summed E-state index contributed by atoms with van der Waals surface area (Å²) in [7, 11) is 0. The summed E-state index contributed by atoms with van der Waals surface area (Å²) in [5.41, 5.74) is 3.35. The highest BCUT2D eigenvalue weighted by Crippen LogP contribution is 2.15. The molecule has 17 heavy (non-hydrogen) atoms. The van der Waals surface area contributed by atoms with E-state index in [2.05, 4.69) is 16.6 Å². The molecule has 3 rings (SSSR count). The number of rotatable bonds is 1. The molecule has 1 aromatic heterocycles. The van der Waals surface area contributed by atoms with Gasteiger partial charge >= 0.3 is 0 Å². The van der Waals surface area contributed by atoms with Crippen molar-refractivity contribution in [1.29, 1.82) is 0 Å². The van der Waals surface area contributed by atoms with Crippen molar-refractivity contribution in [2.45, 2.75) is 12.8 Å². The first-order valence-electron chi connectivity index (χ1n) is 5.87. The standard InChI is InChI=1S/C13H14FN3/c14-11-1-3-12(4-2-11)17-9-10-5-7-15-8-6-13(10)16-17/h1-4,9,15H,5-8H2. The second-order valence-electron chi connectivity index (χ2n) is 4.27. The summed E-state index contributed by atoms with van der Waals surface area (Å²) in [6, 6.07) is 6.42. The highest BCUT2D eigenvalue weighted by Gasteiger charge is 2.12. The number of aromatic nitrogens is 2. The molecule has 0 unspecified atom stereocenters. The smallest absolute Gasteiger partial charge is 0.123 e. The van der Waals surface area contributed by atoms with Crippen LogP contribution in [0.15, 0.2) is 30.5 Å². The van der Waals surface area contributed by atoms with E-state index in [1.807, 2.05) is 4.68 Å². The molecule has 1 aliphatic rings. The van der Waals surface area contributed by atoms with Crippen LogP contribution in [-0.4, -0.2) is 22.9 Å². The number of halogens is 1. The molecule has 0 saturated heterocycles. The van der Waals surface area contributed by atoms with Gasteiger partial charge in [-0.05, 0) is 42.8 Å². The zero-order valence-electron chi connectivity index (χ0n) is 9.49. The van der Waals surface area contributed by atoms with Gasteiger partial charge in [0.2, 0.25) is 0 Å². The zero-order chi connectivity index (χ0) is 11.7. The van der Waals surface area contributed by atoms with E-state index in [-0.39, 0.29) is 5.82 Å². The van der Waals surface area contributed by atoms with Crippen molar-refractivity contribution >= 4 is 0 Å². The van der Waals surface area contributed by atoms with Crippen molar-refractivity contribution in [3.63, 3.8) is 0 Å². The Bertz CT molecular complexity index is 492. The Balaban J connectivity index is 1.96. The van der Waals surface area contributed by atoms with E-state index in [9.17, 15) is 4.39 Å². The van der Waals surface area contributed by atoms with E-state index in [1.54, 1.807) is 12.1 Å². The lowest BCUT2D eigenvalue weighted by Gasteiger charge is -2.01. The van der Waals surface area contributed by atoms with Crippen LogP contribution >= 0.6 is 0 Å². The molecule has 0 bridgehead atoms. The van der Waals surface area contributed by atoms with Crippen LogP contribution in [-0.2, 0) is 12.8 Å². The number of hydrogen-bond acceptors (Lipinski definition) is 2. The molecule has 3 nitrogen and oxygen atoms in total. The normalized spacial score (nSPS) is 15.4. The summed E-state index contributed by atoms with van der Waals surface area (Å²) in [5.74, 6) is -0.216. The second-order valence-corrected chi connectivity index (χ2v) is 4.27. The predicted octanol–water partition coefficient (Wildman–Crippen LogP) is 1.70. The van der Waals surface area contributed by atoms with Crippen molar-refractivity contribution in [2.24, 2.45) is 0 Å². The van der Waals surface area contributed by atoms with E-state index in [0.717, 1.165) is 37.3 Å². The average Bonchev–Trinajstić information content (AvgIpc) is 2.62. The van der Waals surface area contributed by atoms with Gasteiger partial charge in [0, 0.05) is 19.2 Å². The summed E-state index contributed by atoms with van der Waals surface area (Å²) in [4.78, 5) is 0. The highest BCUT2D eigenvalue weighted by atomic mass is 19.1. The lowest BCUT2D eigenvalue weighted by Crippen LogP contribution is -2.16. The topological polar surface area (TPSA) is 29.9 Å². The number of hydrogen-bond donors (Lipinski definition) is 1. The van der Waals surface area contributed by atoms with E-state index in [1.165, 1.54) is 17.7 Å². The van der Waals surface area contributed by atoms with Gasteiger partial charge in [-0.15, -0.1) is 0 Å². The minimum atomic E-state index is -0.216. The van der Waals surface area contributed by atoms with Crippen LogP contribution in [0.25, 0.3) is 5.69 Å². The molecule has 1 aromatic carbocycles. The van der Waals surface area contributed by atoms with Gasteiger partial charge in [0.25, 0.3) is 0 Å². The maximum Gasteiger partial charge on any atom is 0.123 e. The summed E-state index contributed by atoms with van der Waals surface area (Å²) < 4.78 is 14.7. The molecule has 0 spiro atoms. The SMILES string of the molecule is Fc1ccc(-n2cc3c(n2)CCNCC3)cc1. The monoisotopic (exact) mass is 231 g/mol. The lowest BCUT2D eigenvalue weighted by molar-refractivity contribution is 0.627. The fourth-order valence-corrected chi connectivity index (χ4v) is 2.15. The van der Waals surface area contributed by atoms with Crippen LogP contribution in [0.2, 0.25) is 0 Å². The Labute approximate surface area is 99.3 Å². The van der Waals surface area contributed by atoms with Crippen molar-refractivity contribution in [2.75, 3.05) is 13.1 Å². The second kappa shape index (κ2) is 4.30. The van der Waals surface area contributed by atoms with Gasteiger partial charge in [-0.1, -0.05) is 0 Å². The van der Waals surface area contributed by atoms with E-state index >= 15 is 0 Å². The molecule has 0 fully saturated rings. The van der Waals surface area contributed by atoms with Crippen LogP contribution in [0.3, 0.4) is 0 Å². The number of benzene rings is 1. The Kier molecular flexibility index (Phi) is 2.65. The van der Waals surface area contributed by atoms with Crippen LogP contribution in [0.5, 0.6) is 0 Å². The van der Waals surface area contributed by atoms with Crippen molar-refractivity contribution in [3.05, 3.63) is 47.5 Å². The van der Waals surface area contributed by atoms with Crippen LogP contribution in [0.1, 0.15) is 11.3 Å². The minimum Gasteiger partial charge on any atom is -0.316 e. The molecule has 1 aliphatic heterocycles. The summed E-state index contributed by atoms with van der Waals surface area (Å²) >= 11 is 0. The maximum atomic E-state index is 12.8. The molecule has 0 radical (unpaired) electrons. The van der Waals surface area contributed by atoms with Crippen LogP contribution in [0.4, 0.5) is 4.39 Å². The fourth-order valence-electron chi connectivity index (χ4n) is 2.15. The molecular weight excluding hydrogens is 217 g/mol. The van der Waals surface area contributed by atoms with Gasteiger partial charge in [-0.2, -0.15) is 5.10 Å². The average molecular weight is 231 g/mol. The molecule has 0 saturated carbocycles. The van der Waals surface area contributed by atoms with Gasteiger partial charge in [0.1, 0.15) is 5.82 Å². The molecule has 0 atom stereocenters. The summed E-state index contributed by atoms with van der Waals surface area (Å²) in [6.45, 7) is 1.98. The Morgan fingerprint density at radius 2 is 1.88 bits per heavy atom. The Hall–Kier alpha value is -1.68. The third-order valence-electron chi connectivity index (χ3n) is 3.08. The van der Waals surface area contributed by atoms with Gasteiger partial charge in [0.15, 0.2) is 0 Å². The van der Waals surface area contributed by atoms with Gasteiger partial charge in [-0.3, -0.25) is 0 Å². The predicted molar refractivity (Wildman–Crippen MR) is 63.8 cm³/mol. The van der Waals surface area contributed by atoms with Crippen LogP contribution in [0, 0.1) is 5.82 Å². The van der Waals surface area contributed by atoms with E-state index < -0.39 is 0 Å². The Morgan fingerprint density at radius 1 is 1.12 bits per heavy atom. The lowest BCUT2D eigenvalue weighted by atomic mass is 10.2. The van der Waals surface area contributed by atoms with E-state index in [4.69, 9.17) is 0 Å². The fraction of sp³-hybridized carbons (Fsp3) is 0.308. The first kappa shape index (κ1) is 10.5. The highest BCUT2D eigenvalue weighted by molar-refractivity contribution is 5.33. The summed E-state index contributed by atoms with van der Waals surface area (Å²) in [6.07, 6.45) is 4.02. The third-order valence-corrected chi connectivity index (χ3v) is 3.08. The van der Waals surface area contributed by atoms with Crippen molar-refractivity contribution < 1.29 is 4.39 Å². The molecular formula is C13H14FN3. The van der Waals surface area contributed by atoms with Gasteiger partial charge in [0.05, 0.1) is 11.4 Å². The van der Waals surface area contributed by atoms with Crippen molar-refractivity contribution in [1.82, 2.24) is 15.1 Å². The maximum absolute atomic E-state index is 12.8. The van der Waals surface area contributed by atoms with Crippen LogP contribution < -0.4 is 5.32 Å². The van der Waals surface area contributed by atoms with Gasteiger partial charge in [-0.25, -0.2) is 9.07 Å².